The highest BCUT2D eigenvalue weighted by Gasteiger charge is 2.16. The van der Waals surface area contributed by atoms with Crippen LogP contribution in [0.15, 0.2) is 59.8 Å². The average Bonchev–Trinajstić information content (AvgIpc) is 3.26. The number of amides is 1. The Balaban J connectivity index is 1.63. The number of carbonyl (C=O) groups excluding carboxylic acids is 2. The van der Waals surface area contributed by atoms with Gasteiger partial charge in [-0.3, -0.25) is 4.79 Å². The molecule has 0 saturated heterocycles. The lowest BCUT2D eigenvalue weighted by Crippen LogP contribution is -2.22. The molecule has 0 atom stereocenters. The predicted molar refractivity (Wildman–Crippen MR) is 101 cm³/mol. The molecule has 3 aromatic rings. The van der Waals surface area contributed by atoms with Gasteiger partial charge in [0.1, 0.15) is 6.33 Å². The van der Waals surface area contributed by atoms with Gasteiger partial charge in [0.15, 0.2) is 6.61 Å². The summed E-state index contributed by atoms with van der Waals surface area (Å²) in [4.78, 5) is 25.3. The molecule has 0 aliphatic carbocycles. The summed E-state index contributed by atoms with van der Waals surface area (Å²) in [5, 5.41) is 22.2. The molecule has 3 rings (SSSR count). The van der Waals surface area contributed by atoms with Crippen LogP contribution in [0.3, 0.4) is 0 Å². The Kier molecular flexibility index (Phi) is 6.33. The first-order chi connectivity index (χ1) is 13.7. The van der Waals surface area contributed by atoms with E-state index in [1.807, 2.05) is 12.1 Å². The van der Waals surface area contributed by atoms with Crippen molar-refractivity contribution >= 4 is 29.3 Å². The van der Waals surface area contributed by atoms with Crippen LogP contribution >= 0.6 is 11.8 Å². The van der Waals surface area contributed by atoms with Crippen LogP contribution in [0.5, 0.6) is 0 Å². The minimum absolute atomic E-state index is 0.229. The number of carbonyl (C=O) groups is 2. The van der Waals surface area contributed by atoms with Gasteiger partial charge >= 0.3 is 5.97 Å². The molecule has 2 aromatic carbocycles. The normalized spacial score (nSPS) is 10.1. The second-order valence-electron chi connectivity index (χ2n) is 5.34. The second-order valence-corrected chi connectivity index (χ2v) is 6.36. The Morgan fingerprint density at radius 2 is 1.96 bits per heavy atom. The van der Waals surface area contributed by atoms with Crippen LogP contribution < -0.4 is 5.32 Å². The molecule has 9 nitrogen and oxygen atoms in total. The third-order valence-corrected chi connectivity index (χ3v) is 4.45. The second kappa shape index (κ2) is 9.29. The number of hydrogen-bond acceptors (Lipinski definition) is 8. The SMILES string of the molecule is N#CCSc1ccccc1NC(=O)COC(=O)c1ccccc1-n1cnnn1. The first-order valence-corrected chi connectivity index (χ1v) is 9.05. The lowest BCUT2D eigenvalue weighted by atomic mass is 10.2. The van der Waals surface area contributed by atoms with Crippen molar-refractivity contribution in [3.05, 3.63) is 60.4 Å². The molecule has 1 aromatic heterocycles. The lowest BCUT2D eigenvalue weighted by molar-refractivity contribution is -0.119. The molecule has 10 heteroatoms. The maximum Gasteiger partial charge on any atom is 0.340 e. The zero-order chi connectivity index (χ0) is 19.8. The monoisotopic (exact) mass is 394 g/mol. The van der Waals surface area contributed by atoms with Gasteiger partial charge in [-0.1, -0.05) is 24.3 Å². The fraction of sp³-hybridized carbons (Fsp3) is 0.111. The highest BCUT2D eigenvalue weighted by atomic mass is 32.2. The molecular formula is C18H14N6O3S. The standard InChI is InChI=1S/C18H14N6O3S/c19-9-10-28-16-8-4-2-6-14(16)21-17(25)11-27-18(26)13-5-1-3-7-15(13)24-12-20-22-23-24/h1-8,12H,10-11H2,(H,21,25). The van der Waals surface area contributed by atoms with Gasteiger partial charge in [-0.2, -0.15) is 9.94 Å². The summed E-state index contributed by atoms with van der Waals surface area (Å²) in [6, 6.07) is 15.8. The molecule has 0 aliphatic heterocycles. The number of para-hydroxylation sites is 2. The van der Waals surface area contributed by atoms with Crippen molar-refractivity contribution in [1.82, 2.24) is 20.2 Å². The zero-order valence-corrected chi connectivity index (χ0v) is 15.3. The minimum Gasteiger partial charge on any atom is -0.452 e. The molecule has 0 saturated carbocycles. The van der Waals surface area contributed by atoms with Crippen molar-refractivity contribution in [2.45, 2.75) is 4.90 Å². The summed E-state index contributed by atoms with van der Waals surface area (Å²) in [5.41, 5.74) is 1.22. The Morgan fingerprint density at radius 3 is 2.75 bits per heavy atom. The average molecular weight is 394 g/mol. The first kappa shape index (κ1) is 19.1. The van der Waals surface area contributed by atoms with E-state index >= 15 is 0 Å². The number of nitrogens with zero attached hydrogens (tertiary/aromatic N) is 5. The van der Waals surface area contributed by atoms with Crippen molar-refractivity contribution in [1.29, 1.82) is 5.26 Å². The molecule has 28 heavy (non-hydrogen) atoms. The summed E-state index contributed by atoms with van der Waals surface area (Å²) < 4.78 is 6.46. The van der Waals surface area contributed by atoms with E-state index in [0.29, 0.717) is 11.4 Å². The van der Waals surface area contributed by atoms with Crippen molar-refractivity contribution in [2.24, 2.45) is 0 Å². The van der Waals surface area contributed by atoms with Crippen molar-refractivity contribution in [2.75, 3.05) is 17.7 Å². The fourth-order valence-corrected chi connectivity index (χ4v) is 2.99. The molecule has 1 N–H and O–H groups in total. The first-order valence-electron chi connectivity index (χ1n) is 8.07. The van der Waals surface area contributed by atoms with Gasteiger partial charge < -0.3 is 10.1 Å². The van der Waals surface area contributed by atoms with E-state index in [4.69, 9.17) is 10.00 Å². The van der Waals surface area contributed by atoms with Crippen molar-refractivity contribution < 1.29 is 14.3 Å². The molecule has 0 bridgehead atoms. The Morgan fingerprint density at radius 1 is 1.18 bits per heavy atom. The summed E-state index contributed by atoms with van der Waals surface area (Å²) in [6.07, 6.45) is 1.36. The molecule has 0 aliphatic rings. The van der Waals surface area contributed by atoms with Gasteiger partial charge in [0.05, 0.1) is 28.8 Å². The number of esters is 1. The number of thioether (sulfide) groups is 1. The highest BCUT2D eigenvalue weighted by molar-refractivity contribution is 7.99. The van der Waals surface area contributed by atoms with Gasteiger partial charge in [-0.05, 0) is 34.7 Å². The highest BCUT2D eigenvalue weighted by Crippen LogP contribution is 2.26. The summed E-state index contributed by atoms with van der Waals surface area (Å²) >= 11 is 1.31. The number of hydrogen-bond donors (Lipinski definition) is 1. The molecule has 0 radical (unpaired) electrons. The molecule has 0 fully saturated rings. The Hall–Kier alpha value is -3.71. The van der Waals surface area contributed by atoms with E-state index in [-0.39, 0.29) is 11.3 Å². The maximum atomic E-state index is 12.4. The van der Waals surface area contributed by atoms with Gasteiger partial charge in [-0.25, -0.2) is 4.79 Å². The molecule has 1 amide bonds. The third kappa shape index (κ3) is 4.72. The van der Waals surface area contributed by atoms with Crippen LogP contribution in [0, 0.1) is 11.3 Å². The molecule has 1 heterocycles. The number of tetrazole rings is 1. The summed E-state index contributed by atoms with van der Waals surface area (Å²) in [5.74, 6) is -0.901. The maximum absolute atomic E-state index is 12.4. The topological polar surface area (TPSA) is 123 Å². The third-order valence-electron chi connectivity index (χ3n) is 3.51. The van der Waals surface area contributed by atoms with Gasteiger partial charge in [-0.15, -0.1) is 16.9 Å². The van der Waals surface area contributed by atoms with E-state index in [1.54, 1.807) is 42.5 Å². The quantitative estimate of drug-likeness (QED) is 0.477. The molecule has 0 spiro atoms. The van der Waals surface area contributed by atoms with E-state index in [2.05, 4.69) is 20.8 Å². The van der Waals surface area contributed by atoms with E-state index < -0.39 is 18.5 Å². The minimum atomic E-state index is -0.673. The van der Waals surface area contributed by atoms with Crippen molar-refractivity contribution in [3.63, 3.8) is 0 Å². The number of ether oxygens (including phenoxy) is 1. The largest absolute Gasteiger partial charge is 0.452 e. The van der Waals surface area contributed by atoms with Gasteiger partial charge in [0, 0.05) is 4.90 Å². The van der Waals surface area contributed by atoms with Crippen LogP contribution in [0.2, 0.25) is 0 Å². The Bertz CT molecular complexity index is 1020. The van der Waals surface area contributed by atoms with Crippen LogP contribution in [-0.2, 0) is 9.53 Å². The number of benzene rings is 2. The molecular weight excluding hydrogens is 380 g/mol. The van der Waals surface area contributed by atoms with Crippen LogP contribution in [0.4, 0.5) is 5.69 Å². The van der Waals surface area contributed by atoms with Crippen LogP contribution in [0.1, 0.15) is 10.4 Å². The van der Waals surface area contributed by atoms with Gasteiger partial charge in [0.2, 0.25) is 0 Å². The molecule has 140 valence electrons. The smallest absolute Gasteiger partial charge is 0.340 e. The lowest BCUT2D eigenvalue weighted by Gasteiger charge is -2.11. The number of anilines is 1. The number of rotatable bonds is 7. The van der Waals surface area contributed by atoms with Crippen molar-refractivity contribution in [3.8, 4) is 11.8 Å². The van der Waals surface area contributed by atoms with Gasteiger partial charge in [0.25, 0.3) is 5.91 Å². The van der Waals surface area contributed by atoms with E-state index in [9.17, 15) is 9.59 Å². The molecule has 0 unspecified atom stereocenters. The number of nitriles is 1. The number of nitrogens with one attached hydrogen (secondary N) is 1. The predicted octanol–water partition coefficient (Wildman–Crippen LogP) is 2.07. The van der Waals surface area contributed by atoms with E-state index in [0.717, 1.165) is 4.90 Å². The van der Waals surface area contributed by atoms with Crippen LogP contribution in [-0.4, -0.2) is 44.4 Å². The summed E-state index contributed by atoms with van der Waals surface area (Å²) in [7, 11) is 0. The van der Waals surface area contributed by atoms with E-state index in [1.165, 1.54) is 22.8 Å². The summed E-state index contributed by atoms with van der Waals surface area (Å²) in [6.45, 7) is -0.458. The Labute approximate surface area is 164 Å². The van der Waals surface area contributed by atoms with Crippen LogP contribution in [0.25, 0.3) is 5.69 Å². The fourth-order valence-electron chi connectivity index (χ4n) is 2.32. The number of aromatic nitrogens is 4. The zero-order valence-electron chi connectivity index (χ0n) is 14.5.